The number of aliphatic hydroxyl groups is 3. The number of fused-ring (bicyclic) bond motifs is 3. The van der Waals surface area contributed by atoms with Crippen LogP contribution >= 0.6 is 0 Å². The van der Waals surface area contributed by atoms with Crippen LogP contribution in [0.15, 0.2) is 23.8 Å². The summed E-state index contributed by atoms with van der Waals surface area (Å²) in [5.74, 6) is 0.878. The third-order valence-corrected chi connectivity index (χ3v) is 7.84. The van der Waals surface area contributed by atoms with Crippen LogP contribution in [0, 0.1) is 28.6 Å². The van der Waals surface area contributed by atoms with E-state index < -0.39 is 11.5 Å². The molecule has 3 rings (SSSR count). The Kier molecular flexibility index (Phi) is 5.20. The van der Waals surface area contributed by atoms with Crippen molar-refractivity contribution in [1.82, 2.24) is 0 Å². The van der Waals surface area contributed by atoms with E-state index in [1.165, 1.54) is 5.57 Å². The van der Waals surface area contributed by atoms with Gasteiger partial charge in [0.1, 0.15) is 0 Å². The van der Waals surface area contributed by atoms with E-state index in [1.807, 2.05) is 6.92 Å². The van der Waals surface area contributed by atoms with E-state index in [9.17, 15) is 15.3 Å². The fourth-order valence-electron chi connectivity index (χ4n) is 6.12. The van der Waals surface area contributed by atoms with Gasteiger partial charge in [-0.3, -0.25) is 0 Å². The smallest absolute Gasteiger partial charge is 0.0787 e. The van der Waals surface area contributed by atoms with Crippen LogP contribution in [-0.4, -0.2) is 47.9 Å². The standard InChI is InChI=1S/C21H34O4/c1-13(11-22)14-5-6-16-15(9-14)17(25-4)10-18-20(16,2)8-7-19(24)21(18,3)12-23/h9,14,16-19,22-24H,1,5-8,10-12H2,2-4H3. The predicted octanol–water partition coefficient (Wildman–Crippen LogP) is 2.68. The van der Waals surface area contributed by atoms with Crippen LogP contribution in [-0.2, 0) is 4.74 Å². The van der Waals surface area contributed by atoms with Gasteiger partial charge in [-0.05, 0) is 60.5 Å². The molecule has 0 aliphatic heterocycles. The molecule has 2 fully saturated rings. The SMILES string of the molecule is C=C(CO)C1C=C2C(OC)CC3C(C)(CO)C(O)CCC3(C)C2CC1. The lowest BCUT2D eigenvalue weighted by Crippen LogP contribution is -2.60. The monoisotopic (exact) mass is 350 g/mol. The van der Waals surface area contributed by atoms with Crippen LogP contribution in [0.25, 0.3) is 0 Å². The van der Waals surface area contributed by atoms with E-state index in [4.69, 9.17) is 4.74 Å². The van der Waals surface area contributed by atoms with Crippen LogP contribution in [0.1, 0.15) is 46.0 Å². The number of allylic oxidation sites excluding steroid dienone is 1. The second kappa shape index (κ2) is 6.80. The van der Waals surface area contributed by atoms with E-state index >= 15 is 0 Å². The first-order valence-electron chi connectivity index (χ1n) is 9.63. The zero-order chi connectivity index (χ0) is 18.4. The Morgan fingerprint density at radius 1 is 1.28 bits per heavy atom. The Morgan fingerprint density at radius 2 is 2.00 bits per heavy atom. The summed E-state index contributed by atoms with van der Waals surface area (Å²) in [4.78, 5) is 0. The maximum atomic E-state index is 10.6. The molecule has 0 aromatic rings. The summed E-state index contributed by atoms with van der Waals surface area (Å²) >= 11 is 0. The summed E-state index contributed by atoms with van der Waals surface area (Å²) < 4.78 is 5.87. The van der Waals surface area contributed by atoms with Gasteiger partial charge in [0.15, 0.2) is 0 Å². The van der Waals surface area contributed by atoms with Crippen molar-refractivity contribution in [2.45, 2.75) is 58.2 Å². The number of aliphatic hydroxyl groups excluding tert-OH is 3. The summed E-state index contributed by atoms with van der Waals surface area (Å²) in [6.45, 7) is 8.47. The normalized spacial score (nSPS) is 46.8. The van der Waals surface area contributed by atoms with Gasteiger partial charge in [-0.25, -0.2) is 0 Å². The first-order valence-corrected chi connectivity index (χ1v) is 9.63. The third-order valence-electron chi connectivity index (χ3n) is 7.84. The fourth-order valence-corrected chi connectivity index (χ4v) is 6.12. The maximum absolute atomic E-state index is 10.6. The molecule has 0 aromatic heterocycles. The minimum Gasteiger partial charge on any atom is -0.396 e. The average Bonchev–Trinajstić information content (AvgIpc) is 2.64. The van der Waals surface area contributed by atoms with Crippen molar-refractivity contribution in [1.29, 1.82) is 0 Å². The summed E-state index contributed by atoms with van der Waals surface area (Å²) in [6, 6.07) is 0. The molecule has 3 aliphatic carbocycles. The lowest BCUT2D eigenvalue weighted by atomic mass is 9.44. The molecule has 0 spiro atoms. The molecule has 4 heteroatoms. The molecule has 0 radical (unpaired) electrons. The van der Waals surface area contributed by atoms with Crippen molar-refractivity contribution in [2.24, 2.45) is 28.6 Å². The quantitative estimate of drug-likeness (QED) is 0.682. The van der Waals surface area contributed by atoms with Gasteiger partial charge < -0.3 is 20.1 Å². The first-order chi connectivity index (χ1) is 11.8. The van der Waals surface area contributed by atoms with Gasteiger partial charge in [0.05, 0.1) is 25.4 Å². The van der Waals surface area contributed by atoms with Crippen LogP contribution in [0.3, 0.4) is 0 Å². The Bertz CT molecular complexity index is 556. The molecule has 3 N–H and O–H groups in total. The molecule has 0 saturated heterocycles. The largest absolute Gasteiger partial charge is 0.396 e. The molecule has 4 nitrogen and oxygen atoms in total. The minimum atomic E-state index is -0.471. The van der Waals surface area contributed by atoms with Gasteiger partial charge in [0.25, 0.3) is 0 Å². The van der Waals surface area contributed by atoms with E-state index in [1.54, 1.807) is 7.11 Å². The molecule has 142 valence electrons. The number of methoxy groups -OCH3 is 1. The second-order valence-electron chi connectivity index (χ2n) is 8.96. The number of ether oxygens (including phenoxy) is 1. The van der Waals surface area contributed by atoms with Crippen LogP contribution in [0.4, 0.5) is 0 Å². The third kappa shape index (κ3) is 2.82. The van der Waals surface area contributed by atoms with Crippen LogP contribution < -0.4 is 0 Å². The predicted molar refractivity (Wildman–Crippen MR) is 98.0 cm³/mol. The van der Waals surface area contributed by atoms with Crippen molar-refractivity contribution in [3.05, 3.63) is 23.8 Å². The fraction of sp³-hybridized carbons (Fsp3) is 0.810. The molecule has 3 aliphatic rings. The summed E-state index contributed by atoms with van der Waals surface area (Å²) in [5, 5.41) is 30.2. The van der Waals surface area contributed by atoms with Gasteiger partial charge in [-0.2, -0.15) is 0 Å². The lowest BCUT2D eigenvalue weighted by molar-refractivity contribution is -0.168. The molecule has 0 bridgehead atoms. The summed E-state index contributed by atoms with van der Waals surface area (Å²) in [7, 11) is 1.76. The maximum Gasteiger partial charge on any atom is 0.0787 e. The number of rotatable bonds is 4. The van der Waals surface area contributed by atoms with Crippen molar-refractivity contribution < 1.29 is 20.1 Å². The van der Waals surface area contributed by atoms with E-state index in [-0.39, 0.29) is 36.6 Å². The zero-order valence-corrected chi connectivity index (χ0v) is 15.9. The Hall–Kier alpha value is -0.680. The molecule has 7 atom stereocenters. The highest BCUT2D eigenvalue weighted by molar-refractivity contribution is 5.29. The highest BCUT2D eigenvalue weighted by atomic mass is 16.5. The van der Waals surface area contributed by atoms with Gasteiger partial charge >= 0.3 is 0 Å². The molecule has 0 amide bonds. The molecule has 0 aromatic carbocycles. The van der Waals surface area contributed by atoms with Gasteiger partial charge in [-0.15, -0.1) is 0 Å². The molecule has 2 saturated carbocycles. The first kappa shape index (κ1) is 19.1. The number of hydrogen-bond acceptors (Lipinski definition) is 4. The Balaban J connectivity index is 2.01. The minimum absolute atomic E-state index is 0.0145. The van der Waals surface area contributed by atoms with Crippen molar-refractivity contribution >= 4 is 0 Å². The summed E-state index contributed by atoms with van der Waals surface area (Å²) in [5.41, 5.74) is 1.83. The van der Waals surface area contributed by atoms with Gasteiger partial charge in [0, 0.05) is 18.4 Å². The highest BCUT2D eigenvalue weighted by Crippen LogP contribution is 2.63. The zero-order valence-electron chi connectivity index (χ0n) is 15.9. The van der Waals surface area contributed by atoms with Gasteiger partial charge in [0.2, 0.25) is 0 Å². The molecule has 0 heterocycles. The topological polar surface area (TPSA) is 69.9 Å². The molecular formula is C21H34O4. The molecule has 25 heavy (non-hydrogen) atoms. The Morgan fingerprint density at radius 3 is 2.60 bits per heavy atom. The van der Waals surface area contributed by atoms with Crippen molar-refractivity contribution in [2.75, 3.05) is 20.3 Å². The second-order valence-corrected chi connectivity index (χ2v) is 8.96. The van der Waals surface area contributed by atoms with Crippen molar-refractivity contribution in [3.8, 4) is 0 Å². The van der Waals surface area contributed by atoms with E-state index in [0.29, 0.717) is 5.92 Å². The molecular weight excluding hydrogens is 316 g/mol. The highest BCUT2D eigenvalue weighted by Gasteiger charge is 2.60. The van der Waals surface area contributed by atoms with Gasteiger partial charge in [-0.1, -0.05) is 26.5 Å². The van der Waals surface area contributed by atoms with Crippen molar-refractivity contribution in [3.63, 3.8) is 0 Å². The lowest BCUT2D eigenvalue weighted by Gasteiger charge is -2.62. The Labute approximate surface area is 151 Å². The van der Waals surface area contributed by atoms with Crippen LogP contribution in [0.5, 0.6) is 0 Å². The average molecular weight is 350 g/mol. The van der Waals surface area contributed by atoms with Crippen LogP contribution in [0.2, 0.25) is 0 Å². The van der Waals surface area contributed by atoms with E-state index in [0.717, 1.165) is 37.7 Å². The number of hydrogen-bond donors (Lipinski definition) is 3. The summed E-state index contributed by atoms with van der Waals surface area (Å²) in [6.07, 6.45) is 6.49. The molecule has 7 unspecified atom stereocenters. The van der Waals surface area contributed by atoms with E-state index in [2.05, 4.69) is 19.6 Å².